The van der Waals surface area contributed by atoms with E-state index < -0.39 is 17.2 Å². The molecule has 2 rings (SSSR count). The van der Waals surface area contributed by atoms with Crippen LogP contribution in [0.15, 0.2) is 30.0 Å². The fraction of sp³-hybridized carbons (Fsp3) is 0.500. The second-order valence-electron chi connectivity index (χ2n) is 6.04. The number of benzene rings is 1. The first-order valence-corrected chi connectivity index (χ1v) is 8.45. The monoisotopic (exact) mass is 337 g/mol. The van der Waals surface area contributed by atoms with Crippen LogP contribution in [-0.4, -0.2) is 24.0 Å². The quantitative estimate of drug-likeness (QED) is 0.798. The van der Waals surface area contributed by atoms with Gasteiger partial charge in [0, 0.05) is 24.9 Å². The molecule has 1 unspecified atom stereocenters. The highest BCUT2D eigenvalue weighted by atomic mass is 19.1. The van der Waals surface area contributed by atoms with Gasteiger partial charge in [-0.05, 0) is 30.5 Å². The summed E-state index contributed by atoms with van der Waals surface area (Å²) in [6, 6.07) is 3.17. The van der Waals surface area contributed by atoms with E-state index in [9.17, 15) is 13.6 Å². The standard InChI is InChI=1S/C18H25F2N3O/c1-3-5-7-18(13-10-14(19)12-15(20)11-13)16(6-4-2)23(9-8-21)17(24)22-18/h6,10-12H,3-5,7-9,21H2,1-2H3,(H,22,24)/b16-6-. The van der Waals surface area contributed by atoms with Gasteiger partial charge in [0.25, 0.3) is 0 Å². The van der Waals surface area contributed by atoms with Crippen LogP contribution < -0.4 is 11.1 Å². The van der Waals surface area contributed by atoms with Gasteiger partial charge in [-0.25, -0.2) is 13.6 Å². The second-order valence-corrected chi connectivity index (χ2v) is 6.04. The average Bonchev–Trinajstić information content (AvgIpc) is 2.79. The summed E-state index contributed by atoms with van der Waals surface area (Å²) in [5.74, 6) is -1.30. The van der Waals surface area contributed by atoms with E-state index in [1.54, 1.807) is 4.90 Å². The Morgan fingerprint density at radius 2 is 1.92 bits per heavy atom. The number of hydrogen-bond donors (Lipinski definition) is 2. The van der Waals surface area contributed by atoms with Crippen molar-refractivity contribution in [3.63, 3.8) is 0 Å². The molecule has 4 nitrogen and oxygen atoms in total. The van der Waals surface area contributed by atoms with Crippen molar-refractivity contribution in [3.05, 3.63) is 47.2 Å². The zero-order chi connectivity index (χ0) is 17.7. The molecule has 1 atom stereocenters. The molecule has 0 spiro atoms. The first kappa shape index (κ1) is 18.4. The first-order valence-electron chi connectivity index (χ1n) is 8.45. The molecule has 1 saturated heterocycles. The Morgan fingerprint density at radius 3 is 2.46 bits per heavy atom. The molecule has 0 saturated carbocycles. The predicted molar refractivity (Wildman–Crippen MR) is 90.2 cm³/mol. The molecule has 1 fully saturated rings. The summed E-state index contributed by atoms with van der Waals surface area (Å²) >= 11 is 0. The average molecular weight is 337 g/mol. The van der Waals surface area contributed by atoms with Crippen molar-refractivity contribution < 1.29 is 13.6 Å². The molecule has 1 aromatic rings. The third-order valence-electron chi connectivity index (χ3n) is 4.30. The van der Waals surface area contributed by atoms with E-state index in [0.717, 1.165) is 24.6 Å². The summed E-state index contributed by atoms with van der Waals surface area (Å²) in [5.41, 5.74) is 5.89. The summed E-state index contributed by atoms with van der Waals surface area (Å²) in [5, 5.41) is 2.97. The van der Waals surface area contributed by atoms with Gasteiger partial charge in [-0.1, -0.05) is 32.8 Å². The number of allylic oxidation sites excluding steroid dienone is 1. The lowest BCUT2D eigenvalue weighted by atomic mass is 9.82. The number of carbonyl (C=O) groups is 1. The summed E-state index contributed by atoms with van der Waals surface area (Å²) in [4.78, 5) is 14.1. The molecule has 6 heteroatoms. The molecule has 3 N–H and O–H groups in total. The van der Waals surface area contributed by atoms with Crippen molar-refractivity contribution in [1.29, 1.82) is 0 Å². The van der Waals surface area contributed by atoms with Gasteiger partial charge in [-0.2, -0.15) is 0 Å². The van der Waals surface area contributed by atoms with Crippen LogP contribution in [0.3, 0.4) is 0 Å². The summed E-state index contributed by atoms with van der Waals surface area (Å²) in [6.45, 7) is 4.68. The molecule has 2 amide bonds. The van der Waals surface area contributed by atoms with Crippen molar-refractivity contribution in [2.24, 2.45) is 5.73 Å². The van der Waals surface area contributed by atoms with Crippen molar-refractivity contribution >= 4 is 6.03 Å². The summed E-state index contributed by atoms with van der Waals surface area (Å²) in [7, 11) is 0. The van der Waals surface area contributed by atoms with E-state index in [4.69, 9.17) is 5.73 Å². The van der Waals surface area contributed by atoms with Gasteiger partial charge in [0.1, 0.15) is 17.2 Å². The van der Waals surface area contributed by atoms with Crippen LogP contribution in [0, 0.1) is 11.6 Å². The van der Waals surface area contributed by atoms with Crippen LogP contribution in [-0.2, 0) is 5.54 Å². The third kappa shape index (κ3) is 3.43. The number of unbranched alkanes of at least 4 members (excludes halogenated alkanes) is 1. The van der Waals surface area contributed by atoms with Crippen molar-refractivity contribution in [1.82, 2.24) is 10.2 Å². The van der Waals surface area contributed by atoms with E-state index in [0.29, 0.717) is 31.5 Å². The maximum absolute atomic E-state index is 13.8. The van der Waals surface area contributed by atoms with Crippen LogP contribution in [0.2, 0.25) is 0 Å². The van der Waals surface area contributed by atoms with Gasteiger partial charge in [-0.3, -0.25) is 4.90 Å². The topological polar surface area (TPSA) is 58.4 Å². The molecule has 132 valence electrons. The second kappa shape index (κ2) is 7.75. The Labute approximate surface area is 141 Å². The highest BCUT2D eigenvalue weighted by molar-refractivity contribution is 5.82. The fourth-order valence-electron chi connectivity index (χ4n) is 3.28. The molecule has 1 heterocycles. The number of halogens is 2. The molecular formula is C18H25F2N3O. The van der Waals surface area contributed by atoms with Gasteiger partial charge in [0.05, 0.1) is 0 Å². The molecule has 0 aromatic heterocycles. The van der Waals surface area contributed by atoms with E-state index in [1.807, 2.05) is 19.9 Å². The van der Waals surface area contributed by atoms with Gasteiger partial charge in [-0.15, -0.1) is 0 Å². The van der Waals surface area contributed by atoms with Crippen molar-refractivity contribution in [3.8, 4) is 0 Å². The number of nitrogens with zero attached hydrogens (tertiary/aromatic N) is 1. The van der Waals surface area contributed by atoms with E-state index >= 15 is 0 Å². The lowest BCUT2D eigenvalue weighted by Crippen LogP contribution is -2.39. The van der Waals surface area contributed by atoms with Gasteiger partial charge < -0.3 is 11.1 Å². The number of hydrogen-bond acceptors (Lipinski definition) is 2. The zero-order valence-electron chi connectivity index (χ0n) is 14.2. The van der Waals surface area contributed by atoms with Crippen LogP contribution in [0.25, 0.3) is 0 Å². The van der Waals surface area contributed by atoms with Gasteiger partial charge >= 0.3 is 6.03 Å². The number of nitrogens with one attached hydrogen (secondary N) is 1. The Balaban J connectivity index is 2.61. The molecule has 0 radical (unpaired) electrons. The molecule has 0 bridgehead atoms. The summed E-state index contributed by atoms with van der Waals surface area (Å²) < 4.78 is 27.6. The molecule has 1 aliphatic rings. The van der Waals surface area contributed by atoms with Crippen LogP contribution >= 0.6 is 0 Å². The highest BCUT2D eigenvalue weighted by Crippen LogP contribution is 2.41. The van der Waals surface area contributed by atoms with Crippen molar-refractivity contribution in [2.45, 2.75) is 45.1 Å². The Hall–Kier alpha value is -1.95. The minimum atomic E-state index is -0.915. The van der Waals surface area contributed by atoms with Crippen LogP contribution in [0.5, 0.6) is 0 Å². The van der Waals surface area contributed by atoms with E-state index in [2.05, 4.69) is 5.32 Å². The lowest BCUT2D eigenvalue weighted by Gasteiger charge is -2.32. The van der Waals surface area contributed by atoms with Crippen LogP contribution in [0.1, 0.15) is 45.1 Å². The van der Waals surface area contributed by atoms with Gasteiger partial charge in [0.2, 0.25) is 0 Å². The molecule has 1 aromatic carbocycles. The van der Waals surface area contributed by atoms with Crippen molar-refractivity contribution in [2.75, 3.05) is 13.1 Å². The van der Waals surface area contributed by atoms with E-state index in [-0.39, 0.29) is 6.03 Å². The molecule has 0 aliphatic carbocycles. The Bertz CT molecular complexity index is 612. The van der Waals surface area contributed by atoms with Gasteiger partial charge in [0.15, 0.2) is 0 Å². The molecule has 1 aliphatic heterocycles. The van der Waals surface area contributed by atoms with Crippen LogP contribution in [0.4, 0.5) is 13.6 Å². The number of urea groups is 1. The zero-order valence-corrected chi connectivity index (χ0v) is 14.2. The smallest absolute Gasteiger partial charge is 0.322 e. The maximum Gasteiger partial charge on any atom is 0.322 e. The normalized spacial score (nSPS) is 22.3. The first-order chi connectivity index (χ1) is 11.5. The highest BCUT2D eigenvalue weighted by Gasteiger charge is 2.47. The predicted octanol–water partition coefficient (Wildman–Crippen LogP) is 3.63. The number of carbonyl (C=O) groups excluding carboxylic acids is 1. The third-order valence-corrected chi connectivity index (χ3v) is 4.30. The fourth-order valence-corrected chi connectivity index (χ4v) is 3.28. The number of amides is 2. The maximum atomic E-state index is 13.8. The SMILES string of the molecule is CC/C=C1\N(CCN)C(=O)NC1(CCCC)c1cc(F)cc(F)c1. The minimum Gasteiger partial charge on any atom is -0.329 e. The minimum absolute atomic E-state index is 0.277. The number of rotatable bonds is 7. The molecule has 24 heavy (non-hydrogen) atoms. The molecular weight excluding hydrogens is 312 g/mol. The summed E-state index contributed by atoms with van der Waals surface area (Å²) in [6.07, 6.45) is 4.94. The van der Waals surface area contributed by atoms with E-state index in [1.165, 1.54) is 12.1 Å². The largest absolute Gasteiger partial charge is 0.329 e. The lowest BCUT2D eigenvalue weighted by molar-refractivity contribution is 0.223. The Morgan fingerprint density at radius 1 is 1.25 bits per heavy atom. The number of nitrogens with two attached hydrogens (primary N) is 1. The Kier molecular flexibility index (Phi) is 5.94.